The molecule has 1 saturated carbocycles. The van der Waals surface area contributed by atoms with Gasteiger partial charge in [0, 0.05) is 5.69 Å². The molecule has 0 spiro atoms. The number of hydrogen-bond acceptors (Lipinski definition) is 3. The molecule has 0 unspecified atom stereocenters. The highest BCUT2D eigenvalue weighted by molar-refractivity contribution is 5.48. The quantitative estimate of drug-likeness (QED) is 0.416. The Morgan fingerprint density at radius 3 is 2.56 bits per heavy atom. The predicted molar refractivity (Wildman–Crippen MR) is 106 cm³/mol. The van der Waals surface area contributed by atoms with Gasteiger partial charge in [0.15, 0.2) is 0 Å². The molecule has 0 aliphatic heterocycles. The maximum Gasteiger partial charge on any atom is 0.119 e. The highest BCUT2D eigenvalue weighted by atomic mass is 16.5. The number of benzene rings is 1. The standard InChI is InChI=1S/C22H37NO2/c1-3-4-5-6-10-17-25-21-14-12-20(13-15-21)23-22(18-24)16-9-7-8-11-19(22)2/h12-15,19,23-24H,3-11,16-18H2,1-2H3/t19-,22+/m0/s1. The van der Waals surface area contributed by atoms with Gasteiger partial charge >= 0.3 is 0 Å². The van der Waals surface area contributed by atoms with E-state index >= 15 is 0 Å². The van der Waals surface area contributed by atoms with E-state index in [1.54, 1.807) is 0 Å². The molecule has 0 saturated heterocycles. The third-order valence-electron chi connectivity index (χ3n) is 5.75. The van der Waals surface area contributed by atoms with Gasteiger partial charge in [0.1, 0.15) is 5.75 Å². The lowest BCUT2D eigenvalue weighted by molar-refractivity contribution is 0.157. The van der Waals surface area contributed by atoms with Crippen LogP contribution in [-0.2, 0) is 0 Å². The minimum absolute atomic E-state index is 0.182. The van der Waals surface area contributed by atoms with Gasteiger partial charge in [-0.15, -0.1) is 0 Å². The van der Waals surface area contributed by atoms with Gasteiger partial charge in [0.25, 0.3) is 0 Å². The third-order valence-corrected chi connectivity index (χ3v) is 5.75. The molecular weight excluding hydrogens is 310 g/mol. The molecule has 0 radical (unpaired) electrons. The van der Waals surface area contributed by atoms with Crippen molar-refractivity contribution in [1.29, 1.82) is 0 Å². The Morgan fingerprint density at radius 1 is 1.08 bits per heavy atom. The number of hydrogen-bond donors (Lipinski definition) is 2. The van der Waals surface area contributed by atoms with E-state index in [-0.39, 0.29) is 12.1 Å². The van der Waals surface area contributed by atoms with Crippen LogP contribution < -0.4 is 10.1 Å². The first-order valence-electron chi connectivity index (χ1n) is 10.3. The summed E-state index contributed by atoms with van der Waals surface area (Å²) in [7, 11) is 0. The Balaban J connectivity index is 1.84. The zero-order valence-electron chi connectivity index (χ0n) is 16.2. The first kappa shape index (κ1) is 20.1. The van der Waals surface area contributed by atoms with Crippen LogP contribution in [0.25, 0.3) is 0 Å². The summed E-state index contributed by atoms with van der Waals surface area (Å²) in [6.45, 7) is 5.51. The zero-order valence-corrected chi connectivity index (χ0v) is 16.2. The van der Waals surface area contributed by atoms with Crippen LogP contribution in [0.4, 0.5) is 5.69 Å². The fraction of sp³-hybridized carbons (Fsp3) is 0.727. The minimum atomic E-state index is -0.182. The largest absolute Gasteiger partial charge is 0.494 e. The first-order chi connectivity index (χ1) is 12.2. The summed E-state index contributed by atoms with van der Waals surface area (Å²) in [5.74, 6) is 1.42. The number of ether oxygens (including phenoxy) is 1. The molecule has 2 atom stereocenters. The molecule has 142 valence electrons. The van der Waals surface area contributed by atoms with Gasteiger partial charge in [-0.2, -0.15) is 0 Å². The van der Waals surface area contributed by atoms with Gasteiger partial charge in [-0.3, -0.25) is 0 Å². The first-order valence-corrected chi connectivity index (χ1v) is 10.3. The maximum atomic E-state index is 10.1. The van der Waals surface area contributed by atoms with Crippen molar-refractivity contribution in [3.63, 3.8) is 0 Å². The van der Waals surface area contributed by atoms with E-state index in [0.29, 0.717) is 5.92 Å². The lowest BCUT2D eigenvalue weighted by atomic mass is 9.81. The molecule has 2 N–H and O–H groups in total. The third kappa shape index (κ3) is 6.22. The van der Waals surface area contributed by atoms with Crippen molar-refractivity contribution >= 4 is 5.69 Å². The van der Waals surface area contributed by atoms with E-state index in [4.69, 9.17) is 4.74 Å². The zero-order chi connectivity index (χ0) is 18.0. The van der Waals surface area contributed by atoms with Crippen LogP contribution in [0.2, 0.25) is 0 Å². The van der Waals surface area contributed by atoms with E-state index in [0.717, 1.165) is 30.9 Å². The Bertz CT molecular complexity index is 473. The van der Waals surface area contributed by atoms with Crippen LogP contribution in [0.5, 0.6) is 5.75 Å². The second-order valence-corrected chi connectivity index (χ2v) is 7.73. The van der Waals surface area contributed by atoms with E-state index in [9.17, 15) is 5.11 Å². The van der Waals surface area contributed by atoms with Crippen molar-refractivity contribution in [3.8, 4) is 5.75 Å². The topological polar surface area (TPSA) is 41.5 Å². The summed E-state index contributed by atoms with van der Waals surface area (Å²) in [4.78, 5) is 0. The van der Waals surface area contributed by atoms with Crippen molar-refractivity contribution in [3.05, 3.63) is 24.3 Å². The predicted octanol–water partition coefficient (Wildman–Crippen LogP) is 5.78. The lowest BCUT2D eigenvalue weighted by Crippen LogP contribution is -2.47. The monoisotopic (exact) mass is 347 g/mol. The molecule has 0 heterocycles. The number of rotatable bonds is 10. The molecule has 1 aliphatic carbocycles. The smallest absolute Gasteiger partial charge is 0.119 e. The van der Waals surface area contributed by atoms with E-state index in [1.807, 2.05) is 12.1 Å². The van der Waals surface area contributed by atoms with Crippen molar-refractivity contribution < 1.29 is 9.84 Å². The highest BCUT2D eigenvalue weighted by Gasteiger charge is 2.36. The second-order valence-electron chi connectivity index (χ2n) is 7.73. The van der Waals surface area contributed by atoms with Crippen molar-refractivity contribution in [2.75, 3.05) is 18.5 Å². The summed E-state index contributed by atoms with van der Waals surface area (Å²) in [6.07, 6.45) is 12.3. The summed E-state index contributed by atoms with van der Waals surface area (Å²) in [6, 6.07) is 8.25. The van der Waals surface area contributed by atoms with E-state index in [1.165, 1.54) is 51.4 Å². The Labute approximate surface area is 154 Å². The molecule has 1 aliphatic rings. The van der Waals surface area contributed by atoms with Crippen LogP contribution in [0.1, 0.15) is 78.1 Å². The molecular formula is C22H37NO2. The Hall–Kier alpha value is -1.22. The van der Waals surface area contributed by atoms with Crippen LogP contribution in [-0.4, -0.2) is 23.9 Å². The average Bonchev–Trinajstić information content (AvgIpc) is 2.81. The second kappa shape index (κ2) is 10.7. The molecule has 1 aromatic carbocycles. The van der Waals surface area contributed by atoms with E-state index < -0.39 is 0 Å². The van der Waals surface area contributed by atoms with Crippen LogP contribution in [0, 0.1) is 5.92 Å². The molecule has 1 fully saturated rings. The van der Waals surface area contributed by atoms with Gasteiger partial charge in [-0.1, -0.05) is 58.8 Å². The van der Waals surface area contributed by atoms with Crippen molar-refractivity contribution in [2.45, 2.75) is 83.6 Å². The fourth-order valence-electron chi connectivity index (χ4n) is 3.87. The van der Waals surface area contributed by atoms with Crippen molar-refractivity contribution in [1.82, 2.24) is 0 Å². The molecule has 1 aromatic rings. The summed E-state index contributed by atoms with van der Waals surface area (Å²) in [5, 5.41) is 13.7. The molecule has 3 nitrogen and oxygen atoms in total. The Kier molecular flexibility index (Phi) is 8.60. The van der Waals surface area contributed by atoms with Crippen LogP contribution >= 0.6 is 0 Å². The molecule has 3 heteroatoms. The maximum absolute atomic E-state index is 10.1. The minimum Gasteiger partial charge on any atom is -0.494 e. The number of aliphatic hydroxyl groups is 1. The molecule has 0 bridgehead atoms. The van der Waals surface area contributed by atoms with Crippen LogP contribution in [0.3, 0.4) is 0 Å². The molecule has 2 rings (SSSR count). The number of anilines is 1. The average molecular weight is 348 g/mol. The van der Waals surface area contributed by atoms with Gasteiger partial charge in [0.2, 0.25) is 0 Å². The number of nitrogens with one attached hydrogen (secondary N) is 1. The van der Waals surface area contributed by atoms with Crippen LogP contribution in [0.15, 0.2) is 24.3 Å². The highest BCUT2D eigenvalue weighted by Crippen LogP contribution is 2.35. The molecule has 0 amide bonds. The van der Waals surface area contributed by atoms with Gasteiger partial charge in [0.05, 0.1) is 18.8 Å². The van der Waals surface area contributed by atoms with Crippen molar-refractivity contribution in [2.24, 2.45) is 5.92 Å². The lowest BCUT2D eigenvalue weighted by Gasteiger charge is -2.38. The molecule has 25 heavy (non-hydrogen) atoms. The van der Waals surface area contributed by atoms with E-state index in [2.05, 4.69) is 31.3 Å². The SMILES string of the molecule is CCCCCCCOc1ccc(N[C@@]2(CO)CCCCC[C@@H]2C)cc1. The summed E-state index contributed by atoms with van der Waals surface area (Å²) in [5.41, 5.74) is 0.899. The fourth-order valence-corrected chi connectivity index (χ4v) is 3.87. The normalized spacial score (nSPS) is 23.9. The summed E-state index contributed by atoms with van der Waals surface area (Å²) < 4.78 is 5.85. The number of aliphatic hydroxyl groups excluding tert-OH is 1. The number of unbranched alkanes of at least 4 members (excludes halogenated alkanes) is 4. The summed E-state index contributed by atoms with van der Waals surface area (Å²) >= 11 is 0. The Morgan fingerprint density at radius 2 is 1.84 bits per heavy atom. The van der Waals surface area contributed by atoms with Gasteiger partial charge in [-0.05, 0) is 49.4 Å². The van der Waals surface area contributed by atoms with Gasteiger partial charge < -0.3 is 15.2 Å². The molecule has 0 aromatic heterocycles. The van der Waals surface area contributed by atoms with Gasteiger partial charge in [-0.25, -0.2) is 0 Å².